The van der Waals surface area contributed by atoms with Crippen molar-refractivity contribution in [3.8, 4) is 0 Å². The SMILES string of the molecule is CNCC1(CN2CCC(C)C2CO)CCCCCC1. The van der Waals surface area contributed by atoms with Gasteiger partial charge in [-0.3, -0.25) is 4.90 Å². The second-order valence-corrected chi connectivity index (χ2v) is 6.93. The van der Waals surface area contributed by atoms with Gasteiger partial charge in [-0.05, 0) is 44.2 Å². The lowest BCUT2D eigenvalue weighted by atomic mass is 9.79. The molecule has 3 nitrogen and oxygen atoms in total. The maximum absolute atomic E-state index is 9.65. The summed E-state index contributed by atoms with van der Waals surface area (Å²) in [5.74, 6) is 0.655. The van der Waals surface area contributed by atoms with Crippen molar-refractivity contribution >= 4 is 0 Å². The molecule has 2 rings (SSSR count). The molecule has 0 amide bonds. The number of hydrogen-bond acceptors (Lipinski definition) is 3. The van der Waals surface area contributed by atoms with Crippen LogP contribution in [0.5, 0.6) is 0 Å². The maximum atomic E-state index is 9.65. The molecule has 2 atom stereocenters. The van der Waals surface area contributed by atoms with E-state index in [1.165, 1.54) is 58.0 Å². The molecule has 19 heavy (non-hydrogen) atoms. The van der Waals surface area contributed by atoms with Crippen LogP contribution >= 0.6 is 0 Å². The lowest BCUT2D eigenvalue weighted by molar-refractivity contribution is 0.0799. The number of nitrogens with zero attached hydrogens (tertiary/aromatic N) is 1. The van der Waals surface area contributed by atoms with Crippen molar-refractivity contribution in [2.75, 3.05) is 33.3 Å². The van der Waals surface area contributed by atoms with Crippen LogP contribution in [0.4, 0.5) is 0 Å². The predicted molar refractivity (Wildman–Crippen MR) is 80.3 cm³/mol. The van der Waals surface area contributed by atoms with E-state index in [0.717, 1.165) is 6.54 Å². The van der Waals surface area contributed by atoms with Crippen LogP contribution in [-0.4, -0.2) is 49.3 Å². The number of likely N-dealkylation sites (tertiary alicyclic amines) is 1. The van der Waals surface area contributed by atoms with Gasteiger partial charge in [0.1, 0.15) is 0 Å². The van der Waals surface area contributed by atoms with E-state index < -0.39 is 0 Å². The van der Waals surface area contributed by atoms with Crippen molar-refractivity contribution in [3.05, 3.63) is 0 Å². The molecule has 1 saturated heterocycles. The van der Waals surface area contributed by atoms with Gasteiger partial charge in [0.05, 0.1) is 6.61 Å². The monoisotopic (exact) mass is 268 g/mol. The fraction of sp³-hybridized carbons (Fsp3) is 1.00. The van der Waals surface area contributed by atoms with Crippen LogP contribution in [-0.2, 0) is 0 Å². The molecule has 2 N–H and O–H groups in total. The van der Waals surface area contributed by atoms with E-state index in [1.807, 2.05) is 0 Å². The molecule has 3 heteroatoms. The molecular formula is C16H32N2O. The molecule has 2 aliphatic rings. The Bertz CT molecular complexity index is 261. The molecular weight excluding hydrogens is 236 g/mol. The quantitative estimate of drug-likeness (QED) is 0.751. The minimum atomic E-state index is 0.330. The van der Waals surface area contributed by atoms with Gasteiger partial charge >= 0.3 is 0 Å². The number of aliphatic hydroxyl groups is 1. The van der Waals surface area contributed by atoms with Gasteiger partial charge in [0, 0.05) is 19.1 Å². The van der Waals surface area contributed by atoms with Gasteiger partial charge < -0.3 is 10.4 Å². The highest BCUT2D eigenvalue weighted by molar-refractivity contribution is 4.92. The molecule has 1 aliphatic heterocycles. The maximum Gasteiger partial charge on any atom is 0.0589 e. The third-order valence-corrected chi connectivity index (χ3v) is 5.44. The van der Waals surface area contributed by atoms with Crippen molar-refractivity contribution in [2.45, 2.75) is 57.9 Å². The topological polar surface area (TPSA) is 35.5 Å². The first kappa shape index (κ1) is 15.3. The fourth-order valence-corrected chi connectivity index (χ4v) is 4.25. The Morgan fingerprint density at radius 2 is 1.89 bits per heavy atom. The fourth-order valence-electron chi connectivity index (χ4n) is 4.25. The van der Waals surface area contributed by atoms with Gasteiger partial charge in [-0.15, -0.1) is 0 Å². The zero-order valence-electron chi connectivity index (χ0n) is 12.8. The van der Waals surface area contributed by atoms with Crippen molar-refractivity contribution in [2.24, 2.45) is 11.3 Å². The van der Waals surface area contributed by atoms with Crippen LogP contribution in [0, 0.1) is 11.3 Å². The molecule has 0 spiro atoms. The van der Waals surface area contributed by atoms with Crippen molar-refractivity contribution in [1.29, 1.82) is 0 Å². The third-order valence-electron chi connectivity index (χ3n) is 5.44. The van der Waals surface area contributed by atoms with Crippen molar-refractivity contribution < 1.29 is 5.11 Å². The van der Waals surface area contributed by atoms with Gasteiger partial charge in [-0.2, -0.15) is 0 Å². The minimum Gasteiger partial charge on any atom is -0.395 e. The summed E-state index contributed by atoms with van der Waals surface area (Å²) in [6.45, 7) is 6.12. The number of rotatable bonds is 5. The highest BCUT2D eigenvalue weighted by Gasteiger charge is 2.38. The van der Waals surface area contributed by atoms with Crippen LogP contribution < -0.4 is 5.32 Å². The van der Waals surface area contributed by atoms with Crippen LogP contribution in [0.1, 0.15) is 51.9 Å². The Balaban J connectivity index is 2.02. The van der Waals surface area contributed by atoms with Crippen molar-refractivity contribution in [3.63, 3.8) is 0 Å². The van der Waals surface area contributed by atoms with E-state index in [-0.39, 0.29) is 0 Å². The third kappa shape index (κ3) is 3.71. The zero-order valence-corrected chi connectivity index (χ0v) is 12.8. The predicted octanol–water partition coefficient (Wildman–Crippen LogP) is 2.25. The lowest BCUT2D eigenvalue weighted by Crippen LogP contribution is -2.46. The van der Waals surface area contributed by atoms with Gasteiger partial charge in [0.2, 0.25) is 0 Å². The normalized spacial score (nSPS) is 32.4. The largest absolute Gasteiger partial charge is 0.395 e. The summed E-state index contributed by atoms with van der Waals surface area (Å²) in [5, 5.41) is 13.1. The van der Waals surface area contributed by atoms with Gasteiger partial charge in [0.15, 0.2) is 0 Å². The number of aliphatic hydroxyl groups excluding tert-OH is 1. The van der Waals surface area contributed by atoms with E-state index in [9.17, 15) is 5.11 Å². The van der Waals surface area contributed by atoms with E-state index in [0.29, 0.717) is 24.0 Å². The summed E-state index contributed by atoms with van der Waals surface area (Å²) in [4.78, 5) is 2.58. The van der Waals surface area contributed by atoms with E-state index in [4.69, 9.17) is 0 Å². The number of nitrogens with one attached hydrogen (secondary N) is 1. The molecule has 0 bridgehead atoms. The smallest absolute Gasteiger partial charge is 0.0589 e. The molecule has 0 aromatic heterocycles. The van der Waals surface area contributed by atoms with Crippen molar-refractivity contribution in [1.82, 2.24) is 10.2 Å². The summed E-state index contributed by atoms with van der Waals surface area (Å²) in [6.07, 6.45) is 9.55. The van der Waals surface area contributed by atoms with Gasteiger partial charge in [-0.25, -0.2) is 0 Å². The van der Waals surface area contributed by atoms with Crippen LogP contribution in [0.15, 0.2) is 0 Å². The average Bonchev–Trinajstić information content (AvgIpc) is 2.61. The molecule has 1 aliphatic carbocycles. The van der Waals surface area contributed by atoms with E-state index in [1.54, 1.807) is 0 Å². The summed E-state index contributed by atoms with van der Waals surface area (Å²) >= 11 is 0. The Kier molecular flexibility index (Phi) is 5.67. The van der Waals surface area contributed by atoms with Crippen LogP contribution in [0.3, 0.4) is 0 Å². The first-order chi connectivity index (χ1) is 9.21. The Morgan fingerprint density at radius 3 is 2.47 bits per heavy atom. The second-order valence-electron chi connectivity index (χ2n) is 6.93. The highest BCUT2D eigenvalue weighted by Crippen LogP contribution is 2.37. The molecule has 0 aromatic rings. The standard InChI is InChI=1S/C16H32N2O/c1-14-7-10-18(15(14)11-19)13-16(12-17-2)8-5-3-4-6-9-16/h14-15,17,19H,3-13H2,1-2H3. The van der Waals surface area contributed by atoms with Gasteiger partial charge in [0.25, 0.3) is 0 Å². The van der Waals surface area contributed by atoms with E-state index in [2.05, 4.69) is 24.2 Å². The molecule has 1 heterocycles. The Morgan fingerprint density at radius 1 is 1.21 bits per heavy atom. The van der Waals surface area contributed by atoms with Gasteiger partial charge in [-0.1, -0.05) is 32.6 Å². The first-order valence-corrected chi connectivity index (χ1v) is 8.20. The molecule has 112 valence electrons. The second kappa shape index (κ2) is 7.05. The Hall–Kier alpha value is -0.120. The first-order valence-electron chi connectivity index (χ1n) is 8.20. The lowest BCUT2D eigenvalue weighted by Gasteiger charge is -2.39. The molecule has 1 saturated carbocycles. The van der Waals surface area contributed by atoms with E-state index >= 15 is 0 Å². The minimum absolute atomic E-state index is 0.330. The average molecular weight is 268 g/mol. The summed E-state index contributed by atoms with van der Waals surface area (Å²) in [6, 6.07) is 0.400. The highest BCUT2D eigenvalue weighted by atomic mass is 16.3. The molecule has 0 aromatic carbocycles. The molecule has 0 radical (unpaired) electrons. The van der Waals surface area contributed by atoms with Crippen LogP contribution in [0.2, 0.25) is 0 Å². The zero-order chi connectivity index (χ0) is 13.7. The molecule has 2 unspecified atom stereocenters. The Labute approximate surface area is 118 Å². The molecule has 2 fully saturated rings. The van der Waals surface area contributed by atoms with Crippen LogP contribution in [0.25, 0.3) is 0 Å². The summed E-state index contributed by atoms with van der Waals surface area (Å²) < 4.78 is 0. The number of hydrogen-bond donors (Lipinski definition) is 2. The summed E-state index contributed by atoms with van der Waals surface area (Å²) in [7, 11) is 2.09. The summed E-state index contributed by atoms with van der Waals surface area (Å²) in [5.41, 5.74) is 0.447.